The second-order valence-corrected chi connectivity index (χ2v) is 8.17. The third-order valence-electron chi connectivity index (χ3n) is 5.03. The number of amides is 1. The summed E-state index contributed by atoms with van der Waals surface area (Å²) in [5.74, 6) is 1.42. The van der Waals surface area contributed by atoms with E-state index in [9.17, 15) is 4.79 Å². The first kappa shape index (κ1) is 21.2. The fourth-order valence-electron chi connectivity index (χ4n) is 3.42. The first-order valence-electron chi connectivity index (χ1n) is 10.1. The van der Waals surface area contributed by atoms with Crippen LogP contribution in [-0.2, 0) is 9.53 Å². The zero-order chi connectivity index (χ0) is 21.6. The van der Waals surface area contributed by atoms with Crippen LogP contribution in [0.4, 0.5) is 0 Å². The average Bonchev–Trinajstić information content (AvgIpc) is 3.24. The van der Waals surface area contributed by atoms with E-state index < -0.39 is 5.25 Å². The molecule has 1 aliphatic heterocycles. The summed E-state index contributed by atoms with van der Waals surface area (Å²) in [6.07, 6.45) is 0.759. The van der Waals surface area contributed by atoms with Crippen LogP contribution in [0.2, 0.25) is 0 Å². The minimum absolute atomic E-state index is 0.0510. The predicted molar refractivity (Wildman–Crippen MR) is 120 cm³/mol. The standard InChI is InChI=1S/C22H25N5O3S/c1-29-14-6-13-23-21(28)19-18(15-9-11-17(30-2)12-10-15)26-27-20(24-25-22(27)31-19)16-7-4-3-5-8-16/h3-5,7-12,18-19,26H,6,13-14H2,1-2H3,(H,23,28)/t18-,19+/m0/s1. The number of methoxy groups -OCH3 is 2. The molecule has 0 spiro atoms. The van der Waals surface area contributed by atoms with Gasteiger partial charge in [-0.05, 0) is 24.1 Å². The molecule has 31 heavy (non-hydrogen) atoms. The molecule has 9 heteroatoms. The Labute approximate surface area is 185 Å². The number of nitrogens with one attached hydrogen (secondary N) is 2. The highest BCUT2D eigenvalue weighted by molar-refractivity contribution is 8.00. The zero-order valence-electron chi connectivity index (χ0n) is 17.4. The van der Waals surface area contributed by atoms with Crippen LogP contribution in [0.25, 0.3) is 11.4 Å². The Hall–Kier alpha value is -3.04. The fraction of sp³-hybridized carbons (Fsp3) is 0.318. The highest BCUT2D eigenvalue weighted by Gasteiger charge is 2.37. The van der Waals surface area contributed by atoms with E-state index in [1.807, 2.05) is 59.3 Å². The van der Waals surface area contributed by atoms with Crippen molar-refractivity contribution in [2.75, 3.05) is 32.8 Å². The number of nitrogens with zero attached hydrogens (tertiary/aromatic N) is 3. The smallest absolute Gasteiger partial charge is 0.236 e. The maximum Gasteiger partial charge on any atom is 0.236 e. The molecular formula is C22H25N5O3S. The molecule has 4 rings (SSSR count). The Morgan fingerprint density at radius 1 is 1.13 bits per heavy atom. The SMILES string of the molecule is COCCCNC(=O)[C@@H]1Sc2nnc(-c3ccccc3)n2N[C@H]1c1ccc(OC)cc1. The summed E-state index contributed by atoms with van der Waals surface area (Å²) in [5.41, 5.74) is 5.40. The topological polar surface area (TPSA) is 90.3 Å². The Bertz CT molecular complexity index is 1010. The van der Waals surface area contributed by atoms with Gasteiger partial charge >= 0.3 is 0 Å². The minimum Gasteiger partial charge on any atom is -0.497 e. The van der Waals surface area contributed by atoms with Crippen LogP contribution in [-0.4, -0.2) is 53.4 Å². The van der Waals surface area contributed by atoms with Crippen LogP contribution in [0.1, 0.15) is 18.0 Å². The molecule has 2 aromatic carbocycles. The Balaban J connectivity index is 1.64. The molecule has 0 unspecified atom stereocenters. The molecule has 0 radical (unpaired) electrons. The van der Waals surface area contributed by atoms with Crippen LogP contribution in [0, 0.1) is 0 Å². The Kier molecular flexibility index (Phi) is 6.73. The van der Waals surface area contributed by atoms with Crippen molar-refractivity contribution < 1.29 is 14.3 Å². The van der Waals surface area contributed by atoms with E-state index in [4.69, 9.17) is 9.47 Å². The van der Waals surface area contributed by atoms with Crippen molar-refractivity contribution in [2.45, 2.75) is 22.9 Å². The molecule has 8 nitrogen and oxygen atoms in total. The molecule has 0 aliphatic carbocycles. The Morgan fingerprint density at radius 2 is 1.90 bits per heavy atom. The summed E-state index contributed by atoms with van der Waals surface area (Å²) < 4.78 is 12.2. The van der Waals surface area contributed by atoms with Crippen molar-refractivity contribution in [2.24, 2.45) is 0 Å². The van der Waals surface area contributed by atoms with Gasteiger partial charge in [0.1, 0.15) is 11.0 Å². The average molecular weight is 440 g/mol. The summed E-state index contributed by atoms with van der Waals surface area (Å²) in [6, 6.07) is 17.3. The quantitative estimate of drug-likeness (QED) is 0.522. The number of hydrogen-bond donors (Lipinski definition) is 2. The second kappa shape index (κ2) is 9.84. The van der Waals surface area contributed by atoms with E-state index >= 15 is 0 Å². The maximum atomic E-state index is 13.1. The van der Waals surface area contributed by atoms with Crippen LogP contribution < -0.4 is 15.5 Å². The Morgan fingerprint density at radius 3 is 2.61 bits per heavy atom. The third kappa shape index (κ3) is 4.67. The van der Waals surface area contributed by atoms with Gasteiger partial charge in [-0.25, -0.2) is 4.68 Å². The summed E-state index contributed by atoms with van der Waals surface area (Å²) in [5, 5.41) is 12.0. The third-order valence-corrected chi connectivity index (χ3v) is 6.24. The molecule has 0 bridgehead atoms. The number of aromatic nitrogens is 3. The minimum atomic E-state index is -0.406. The maximum absolute atomic E-state index is 13.1. The lowest BCUT2D eigenvalue weighted by atomic mass is 10.0. The molecule has 2 atom stereocenters. The van der Waals surface area contributed by atoms with Crippen LogP contribution in [0.5, 0.6) is 5.75 Å². The van der Waals surface area contributed by atoms with E-state index in [2.05, 4.69) is 20.9 Å². The highest BCUT2D eigenvalue weighted by atomic mass is 32.2. The molecule has 2 N–H and O–H groups in total. The fourth-order valence-corrected chi connectivity index (χ4v) is 4.52. The van der Waals surface area contributed by atoms with E-state index in [1.165, 1.54) is 11.8 Å². The number of thioether (sulfide) groups is 1. The van der Waals surface area contributed by atoms with E-state index in [1.54, 1.807) is 14.2 Å². The van der Waals surface area contributed by atoms with E-state index in [-0.39, 0.29) is 11.9 Å². The first-order chi connectivity index (χ1) is 15.2. The molecule has 1 aromatic heterocycles. The highest BCUT2D eigenvalue weighted by Crippen LogP contribution is 2.38. The molecular weight excluding hydrogens is 414 g/mol. The predicted octanol–water partition coefficient (Wildman–Crippen LogP) is 2.87. The van der Waals surface area contributed by atoms with Gasteiger partial charge in [-0.1, -0.05) is 54.2 Å². The number of carbonyl (C=O) groups is 1. The van der Waals surface area contributed by atoms with Gasteiger partial charge < -0.3 is 20.2 Å². The number of fused-ring (bicyclic) bond motifs is 1. The molecule has 0 saturated heterocycles. The number of carbonyl (C=O) groups excluding carboxylic acids is 1. The normalized spacial score (nSPS) is 17.5. The van der Waals surface area contributed by atoms with Crippen molar-refractivity contribution in [1.82, 2.24) is 20.2 Å². The lowest BCUT2D eigenvalue weighted by Crippen LogP contribution is -2.44. The molecule has 0 fully saturated rings. The van der Waals surface area contributed by atoms with Crippen LogP contribution in [0.3, 0.4) is 0 Å². The van der Waals surface area contributed by atoms with E-state index in [0.717, 1.165) is 23.3 Å². The lowest BCUT2D eigenvalue weighted by Gasteiger charge is -2.33. The van der Waals surface area contributed by atoms with Gasteiger partial charge in [-0.15, -0.1) is 10.2 Å². The van der Waals surface area contributed by atoms with Gasteiger partial charge in [0, 0.05) is 25.8 Å². The van der Waals surface area contributed by atoms with Gasteiger partial charge in [0.05, 0.1) is 13.2 Å². The number of ether oxygens (including phenoxy) is 2. The second-order valence-electron chi connectivity index (χ2n) is 7.06. The van der Waals surface area contributed by atoms with Gasteiger partial charge in [0.25, 0.3) is 0 Å². The van der Waals surface area contributed by atoms with Gasteiger partial charge in [0.15, 0.2) is 5.82 Å². The number of hydrogen-bond acceptors (Lipinski definition) is 7. The summed E-state index contributed by atoms with van der Waals surface area (Å²) in [6.45, 7) is 1.16. The summed E-state index contributed by atoms with van der Waals surface area (Å²) >= 11 is 1.41. The summed E-state index contributed by atoms with van der Waals surface area (Å²) in [4.78, 5) is 13.1. The van der Waals surface area contributed by atoms with Crippen molar-refractivity contribution in [1.29, 1.82) is 0 Å². The van der Waals surface area contributed by atoms with Gasteiger partial charge in [-0.2, -0.15) is 0 Å². The number of benzene rings is 2. The van der Waals surface area contributed by atoms with E-state index in [0.29, 0.717) is 24.1 Å². The zero-order valence-corrected chi connectivity index (χ0v) is 18.3. The van der Waals surface area contributed by atoms with Crippen molar-refractivity contribution in [3.05, 3.63) is 60.2 Å². The molecule has 1 aliphatic rings. The van der Waals surface area contributed by atoms with Crippen molar-refractivity contribution in [3.8, 4) is 17.1 Å². The van der Waals surface area contributed by atoms with Gasteiger partial charge in [0.2, 0.25) is 11.1 Å². The summed E-state index contributed by atoms with van der Waals surface area (Å²) in [7, 11) is 3.29. The molecule has 1 amide bonds. The molecule has 3 aromatic rings. The number of rotatable bonds is 8. The van der Waals surface area contributed by atoms with Crippen molar-refractivity contribution in [3.63, 3.8) is 0 Å². The van der Waals surface area contributed by atoms with Crippen LogP contribution >= 0.6 is 11.8 Å². The van der Waals surface area contributed by atoms with Gasteiger partial charge in [-0.3, -0.25) is 4.79 Å². The monoisotopic (exact) mass is 439 g/mol. The lowest BCUT2D eigenvalue weighted by molar-refractivity contribution is -0.121. The first-order valence-corrected chi connectivity index (χ1v) is 10.9. The molecule has 162 valence electrons. The van der Waals surface area contributed by atoms with Crippen molar-refractivity contribution >= 4 is 17.7 Å². The molecule has 2 heterocycles. The van der Waals surface area contributed by atoms with Crippen LogP contribution in [0.15, 0.2) is 59.8 Å². The molecule has 0 saturated carbocycles. The largest absolute Gasteiger partial charge is 0.497 e.